The summed E-state index contributed by atoms with van der Waals surface area (Å²) in [6, 6.07) is 7.12. The standard InChI is InChI=1S/C17H17ClF3N3O3S/c1-11(15-4-2-3-8-22-15)24-16(25)7-9-23-28(26,27)12-5-6-14(18)13(10-12)17(19,20)21/h2-6,8,10-11,23H,7,9H2,1H3,(H,24,25). The Morgan fingerprint density at radius 1 is 1.25 bits per heavy atom. The number of amides is 1. The monoisotopic (exact) mass is 435 g/mol. The molecule has 0 saturated heterocycles. The zero-order valence-corrected chi connectivity index (χ0v) is 16.2. The first kappa shape index (κ1) is 22.1. The molecule has 0 spiro atoms. The number of nitrogens with zero attached hydrogens (tertiary/aromatic N) is 1. The van der Waals surface area contributed by atoms with E-state index in [-0.39, 0.29) is 19.0 Å². The molecule has 0 saturated carbocycles. The number of aromatic nitrogens is 1. The van der Waals surface area contributed by atoms with Crippen LogP contribution in [0.3, 0.4) is 0 Å². The molecule has 1 amide bonds. The van der Waals surface area contributed by atoms with E-state index in [0.717, 1.165) is 12.1 Å². The Labute approximate surface area is 165 Å². The van der Waals surface area contributed by atoms with Crippen molar-refractivity contribution >= 4 is 27.5 Å². The molecule has 0 bridgehead atoms. The average Bonchev–Trinajstić information content (AvgIpc) is 2.61. The Kier molecular flexibility index (Phi) is 7.02. The van der Waals surface area contributed by atoms with Crippen LogP contribution in [0, 0.1) is 0 Å². The number of hydrogen-bond donors (Lipinski definition) is 2. The van der Waals surface area contributed by atoms with E-state index >= 15 is 0 Å². The highest BCUT2D eigenvalue weighted by atomic mass is 35.5. The maximum atomic E-state index is 12.9. The number of hydrogen-bond acceptors (Lipinski definition) is 4. The Bertz CT molecular complexity index is 938. The number of benzene rings is 1. The van der Waals surface area contributed by atoms with Gasteiger partial charge in [-0.05, 0) is 37.3 Å². The lowest BCUT2D eigenvalue weighted by Gasteiger charge is -2.14. The molecule has 152 valence electrons. The largest absolute Gasteiger partial charge is 0.417 e. The molecular weight excluding hydrogens is 419 g/mol. The number of alkyl halides is 3. The highest BCUT2D eigenvalue weighted by Crippen LogP contribution is 2.35. The molecule has 0 aliphatic rings. The van der Waals surface area contributed by atoms with Crippen molar-refractivity contribution in [3.05, 3.63) is 58.9 Å². The van der Waals surface area contributed by atoms with Crippen LogP contribution < -0.4 is 10.0 Å². The molecular formula is C17H17ClF3N3O3S. The molecule has 6 nitrogen and oxygen atoms in total. The lowest BCUT2D eigenvalue weighted by molar-refractivity contribution is -0.137. The number of pyridine rings is 1. The molecule has 1 aromatic carbocycles. The van der Waals surface area contributed by atoms with E-state index in [2.05, 4.69) is 15.0 Å². The van der Waals surface area contributed by atoms with Gasteiger partial charge in [-0.15, -0.1) is 0 Å². The molecule has 1 atom stereocenters. The van der Waals surface area contributed by atoms with Gasteiger partial charge in [0.1, 0.15) is 0 Å². The van der Waals surface area contributed by atoms with Crippen molar-refractivity contribution in [3.63, 3.8) is 0 Å². The van der Waals surface area contributed by atoms with Crippen LogP contribution in [-0.4, -0.2) is 25.9 Å². The highest BCUT2D eigenvalue weighted by Gasteiger charge is 2.34. The number of rotatable bonds is 7. The molecule has 0 fully saturated rings. The summed E-state index contributed by atoms with van der Waals surface area (Å²) in [4.78, 5) is 15.4. The molecule has 2 N–H and O–H groups in total. The van der Waals surface area contributed by atoms with Gasteiger partial charge in [0.05, 0.1) is 27.2 Å². The summed E-state index contributed by atoms with van der Waals surface area (Å²) >= 11 is 5.48. The van der Waals surface area contributed by atoms with Gasteiger partial charge >= 0.3 is 6.18 Å². The summed E-state index contributed by atoms with van der Waals surface area (Å²) in [5, 5.41) is 2.05. The van der Waals surface area contributed by atoms with Crippen molar-refractivity contribution in [2.45, 2.75) is 30.5 Å². The number of carbonyl (C=O) groups is 1. The predicted molar refractivity (Wildman–Crippen MR) is 97.1 cm³/mol. The van der Waals surface area contributed by atoms with Gasteiger partial charge in [0.2, 0.25) is 15.9 Å². The first-order valence-corrected chi connectivity index (χ1v) is 9.93. The predicted octanol–water partition coefficient (Wildman–Crippen LogP) is 3.30. The van der Waals surface area contributed by atoms with E-state index < -0.39 is 37.6 Å². The number of halogens is 4. The first-order valence-electron chi connectivity index (χ1n) is 8.07. The van der Waals surface area contributed by atoms with Crippen LogP contribution >= 0.6 is 11.6 Å². The van der Waals surface area contributed by atoms with Gasteiger partial charge in [0.15, 0.2) is 0 Å². The van der Waals surface area contributed by atoms with E-state index in [1.54, 1.807) is 31.3 Å². The quantitative estimate of drug-likeness (QED) is 0.698. The molecule has 1 aromatic heterocycles. The lowest BCUT2D eigenvalue weighted by Crippen LogP contribution is -2.32. The second-order valence-corrected chi connectivity index (χ2v) is 8.01. The van der Waals surface area contributed by atoms with Crippen molar-refractivity contribution < 1.29 is 26.4 Å². The van der Waals surface area contributed by atoms with Crippen molar-refractivity contribution in [1.29, 1.82) is 0 Å². The Balaban J connectivity index is 1.96. The van der Waals surface area contributed by atoms with Crippen LogP contribution in [-0.2, 0) is 21.0 Å². The third-order valence-electron chi connectivity index (χ3n) is 3.71. The molecule has 0 aliphatic carbocycles. The van der Waals surface area contributed by atoms with E-state index in [1.807, 2.05) is 0 Å². The summed E-state index contributed by atoms with van der Waals surface area (Å²) in [7, 11) is -4.24. The maximum absolute atomic E-state index is 12.9. The van der Waals surface area contributed by atoms with Gasteiger partial charge in [-0.1, -0.05) is 17.7 Å². The first-order chi connectivity index (χ1) is 13.0. The SMILES string of the molecule is CC(NC(=O)CCNS(=O)(=O)c1ccc(Cl)c(C(F)(F)F)c1)c1ccccn1. The van der Waals surface area contributed by atoms with Crippen LogP contribution in [0.25, 0.3) is 0 Å². The number of sulfonamides is 1. The molecule has 28 heavy (non-hydrogen) atoms. The zero-order valence-electron chi connectivity index (χ0n) is 14.6. The number of carbonyl (C=O) groups excluding carboxylic acids is 1. The van der Waals surface area contributed by atoms with Gasteiger partial charge in [0.25, 0.3) is 0 Å². The van der Waals surface area contributed by atoms with Crippen LogP contribution in [0.4, 0.5) is 13.2 Å². The summed E-state index contributed by atoms with van der Waals surface area (Å²) in [6.45, 7) is 1.43. The molecule has 11 heteroatoms. The molecule has 0 radical (unpaired) electrons. The molecule has 2 rings (SSSR count). The van der Waals surface area contributed by atoms with E-state index in [1.165, 1.54) is 0 Å². The van der Waals surface area contributed by atoms with Crippen LogP contribution in [0.2, 0.25) is 5.02 Å². The van der Waals surface area contributed by atoms with Crippen molar-refractivity contribution in [3.8, 4) is 0 Å². The Morgan fingerprint density at radius 3 is 2.57 bits per heavy atom. The summed E-state index contributed by atoms with van der Waals surface area (Å²) in [5.74, 6) is -0.437. The summed E-state index contributed by atoms with van der Waals surface area (Å²) < 4.78 is 65.1. The fourth-order valence-corrected chi connectivity index (χ4v) is 3.57. The van der Waals surface area contributed by atoms with Gasteiger partial charge in [0, 0.05) is 19.2 Å². The summed E-state index contributed by atoms with van der Waals surface area (Å²) in [6.07, 6.45) is -3.41. The Hall–Kier alpha value is -2.17. The molecule has 0 aliphatic heterocycles. The van der Waals surface area contributed by atoms with Gasteiger partial charge in [-0.3, -0.25) is 9.78 Å². The van der Waals surface area contributed by atoms with Crippen LogP contribution in [0.15, 0.2) is 47.5 Å². The minimum Gasteiger partial charge on any atom is -0.348 e. The molecule has 1 unspecified atom stereocenters. The fraction of sp³-hybridized carbons (Fsp3) is 0.294. The Morgan fingerprint density at radius 2 is 1.96 bits per heavy atom. The van der Waals surface area contributed by atoms with Crippen molar-refractivity contribution in [2.24, 2.45) is 0 Å². The minimum absolute atomic E-state index is 0.198. The third kappa shape index (κ3) is 5.91. The highest BCUT2D eigenvalue weighted by molar-refractivity contribution is 7.89. The van der Waals surface area contributed by atoms with Gasteiger partial charge in [-0.2, -0.15) is 13.2 Å². The fourth-order valence-electron chi connectivity index (χ4n) is 2.29. The normalized spacial score (nSPS) is 13.2. The minimum atomic E-state index is -4.79. The topological polar surface area (TPSA) is 88.2 Å². The zero-order chi connectivity index (χ0) is 20.9. The molecule has 2 aromatic rings. The summed E-state index contributed by atoms with van der Waals surface area (Å²) in [5.41, 5.74) is -0.615. The smallest absolute Gasteiger partial charge is 0.348 e. The average molecular weight is 436 g/mol. The van der Waals surface area contributed by atoms with Gasteiger partial charge < -0.3 is 5.32 Å². The van der Waals surface area contributed by atoms with Crippen LogP contribution in [0.1, 0.15) is 30.6 Å². The van der Waals surface area contributed by atoms with E-state index in [0.29, 0.717) is 11.8 Å². The van der Waals surface area contributed by atoms with Crippen molar-refractivity contribution in [2.75, 3.05) is 6.54 Å². The second-order valence-electron chi connectivity index (χ2n) is 5.83. The van der Waals surface area contributed by atoms with Crippen molar-refractivity contribution in [1.82, 2.24) is 15.0 Å². The van der Waals surface area contributed by atoms with Crippen LogP contribution in [0.5, 0.6) is 0 Å². The lowest BCUT2D eigenvalue weighted by atomic mass is 10.2. The van der Waals surface area contributed by atoms with E-state index in [9.17, 15) is 26.4 Å². The van der Waals surface area contributed by atoms with E-state index in [4.69, 9.17) is 11.6 Å². The third-order valence-corrected chi connectivity index (χ3v) is 5.49. The molecule has 1 heterocycles. The maximum Gasteiger partial charge on any atom is 0.417 e. The second kappa shape index (κ2) is 8.89. The van der Waals surface area contributed by atoms with Gasteiger partial charge in [-0.25, -0.2) is 13.1 Å². The number of nitrogens with one attached hydrogen (secondary N) is 2.